The molecule has 0 radical (unpaired) electrons. The van der Waals surface area contributed by atoms with E-state index >= 15 is 4.39 Å². The monoisotopic (exact) mass is 669 g/mol. The predicted molar refractivity (Wildman–Crippen MR) is 190 cm³/mol. The number of nitrogens with two attached hydrogens (primary N) is 1. The number of benzene rings is 3. The first kappa shape index (κ1) is 34.3. The molecule has 2 saturated heterocycles. The van der Waals surface area contributed by atoms with Crippen LogP contribution in [0.1, 0.15) is 39.2 Å². The van der Waals surface area contributed by atoms with Gasteiger partial charge >= 0.3 is 6.01 Å². The predicted octanol–water partition coefficient (Wildman–Crippen LogP) is 7.14. The van der Waals surface area contributed by atoms with Crippen molar-refractivity contribution < 1.29 is 17.8 Å². The molecule has 7 rings (SSSR count). The van der Waals surface area contributed by atoms with Gasteiger partial charge in [0.15, 0.2) is 5.82 Å². The Bertz CT molecular complexity index is 1940. The van der Waals surface area contributed by atoms with Crippen LogP contribution in [-0.4, -0.2) is 53.1 Å². The molecule has 2 atom stereocenters. The lowest BCUT2D eigenvalue weighted by atomic mass is 9.96. The highest BCUT2D eigenvalue weighted by atomic mass is 32.2. The Morgan fingerprint density at radius 1 is 1.15 bits per heavy atom. The Labute approximate surface area is 283 Å². The molecule has 0 aliphatic carbocycles. The highest BCUT2D eigenvalue weighted by molar-refractivity contribution is 7.94. The number of halogens is 2. The van der Waals surface area contributed by atoms with Crippen molar-refractivity contribution in [2.45, 2.75) is 50.6 Å². The maximum atomic E-state index is 16.3. The summed E-state index contributed by atoms with van der Waals surface area (Å²) >= 11 is 0.179. The summed E-state index contributed by atoms with van der Waals surface area (Å²) < 4.78 is 33.8. The van der Waals surface area contributed by atoms with E-state index in [1.807, 2.05) is 45.0 Å². The zero-order valence-electron chi connectivity index (χ0n) is 27.0. The third-order valence-corrected chi connectivity index (χ3v) is 8.46. The van der Waals surface area contributed by atoms with Crippen molar-refractivity contribution in [2.24, 2.45) is 0 Å². The van der Waals surface area contributed by atoms with E-state index in [9.17, 15) is 8.68 Å². The van der Waals surface area contributed by atoms with Gasteiger partial charge in [0.1, 0.15) is 17.0 Å². The van der Waals surface area contributed by atoms with Crippen LogP contribution >= 0.6 is 12.1 Å². The fourth-order valence-corrected chi connectivity index (χ4v) is 6.28. The summed E-state index contributed by atoms with van der Waals surface area (Å²) in [6.07, 6.45) is 10.2. The van der Waals surface area contributed by atoms with Crippen molar-refractivity contribution in [3.8, 4) is 29.6 Å². The first-order chi connectivity index (χ1) is 23.4. The Morgan fingerprint density at radius 2 is 1.88 bits per heavy atom. The topological polar surface area (TPSA) is 118 Å². The number of hydrogen-bond donors (Lipinski definition) is 3. The van der Waals surface area contributed by atoms with Crippen LogP contribution in [-0.2, 0) is 4.79 Å². The number of carbonyl (C=O) groups is 1. The fraction of sp³-hybridized carbons (Fsp3) is 0.278. The minimum absolute atomic E-state index is 0.143. The molecule has 248 valence electrons. The third-order valence-electron chi connectivity index (χ3n) is 8.01. The summed E-state index contributed by atoms with van der Waals surface area (Å²) in [6, 6.07) is 16.5. The molecule has 4 N–H and O–H groups in total. The number of amides is 1. The van der Waals surface area contributed by atoms with Crippen molar-refractivity contribution >= 4 is 57.4 Å². The van der Waals surface area contributed by atoms with Crippen molar-refractivity contribution in [3.63, 3.8) is 0 Å². The molecule has 0 spiro atoms. The zero-order chi connectivity index (χ0) is 34.2. The normalized spacial score (nSPS) is 16.3. The molecule has 12 heteroatoms. The largest absolute Gasteiger partial charge is 0.464 e. The molecule has 0 saturated carbocycles. The van der Waals surface area contributed by atoms with Gasteiger partial charge in [-0.15, -0.1) is 6.42 Å². The summed E-state index contributed by atoms with van der Waals surface area (Å²) in [5.41, 5.74) is 8.83. The Kier molecular flexibility index (Phi) is 11.3. The average molecular weight is 670 g/mol. The van der Waals surface area contributed by atoms with Gasteiger partial charge in [0.25, 0.3) is 0 Å². The number of nitrogens with zero attached hydrogens (tertiary/aromatic N) is 4. The molecule has 9 nitrogen and oxygen atoms in total. The van der Waals surface area contributed by atoms with Crippen LogP contribution in [0.25, 0.3) is 32.9 Å². The molecule has 5 aromatic rings. The molecular formula is C36H37F2N7O2S. The molecule has 2 aliphatic heterocycles. The van der Waals surface area contributed by atoms with Crippen molar-refractivity contribution in [1.82, 2.24) is 20.3 Å². The number of pyridine rings is 1. The number of piperazine rings is 1. The SMILES string of the molecule is C#Cc1cccc2cc(N)cc(-c3ncc4c(N5CC6CCC(C5)N6)nc(OCC)nc4c3F)c12.CC.O=CNc1ccc(SF)cc1. The van der Waals surface area contributed by atoms with Gasteiger partial charge in [0.2, 0.25) is 6.41 Å². The second kappa shape index (κ2) is 15.7. The number of hydrogen-bond acceptors (Lipinski definition) is 9. The van der Waals surface area contributed by atoms with E-state index in [0.717, 1.165) is 36.7 Å². The molecule has 4 heterocycles. The Hall–Kier alpha value is -4.99. The number of terminal acetylenes is 1. The molecule has 2 bridgehead atoms. The smallest absolute Gasteiger partial charge is 0.319 e. The minimum atomic E-state index is -0.552. The maximum absolute atomic E-state index is 16.3. The van der Waals surface area contributed by atoms with Gasteiger partial charge in [-0.2, -0.15) is 13.9 Å². The lowest BCUT2D eigenvalue weighted by Gasteiger charge is -2.34. The molecule has 3 aromatic carbocycles. The van der Waals surface area contributed by atoms with E-state index in [1.54, 1.807) is 36.5 Å². The van der Waals surface area contributed by atoms with E-state index in [-0.39, 0.29) is 29.4 Å². The number of nitrogen functional groups attached to an aromatic ring is 1. The van der Waals surface area contributed by atoms with Crippen molar-refractivity contribution in [1.29, 1.82) is 0 Å². The quantitative estimate of drug-likeness (QED) is 0.0944. The van der Waals surface area contributed by atoms with Crippen molar-refractivity contribution in [2.75, 3.05) is 35.6 Å². The minimum Gasteiger partial charge on any atom is -0.464 e. The van der Waals surface area contributed by atoms with Crippen LogP contribution in [0, 0.1) is 18.2 Å². The number of ether oxygens (including phenoxy) is 1. The molecule has 2 aromatic heterocycles. The highest BCUT2D eigenvalue weighted by Crippen LogP contribution is 2.38. The van der Waals surface area contributed by atoms with Gasteiger partial charge < -0.3 is 26.0 Å². The van der Waals surface area contributed by atoms with Gasteiger partial charge in [0, 0.05) is 64.2 Å². The van der Waals surface area contributed by atoms with Crippen LogP contribution in [0.15, 0.2) is 65.7 Å². The summed E-state index contributed by atoms with van der Waals surface area (Å²) in [4.78, 5) is 26.3. The van der Waals surface area contributed by atoms with E-state index in [0.29, 0.717) is 63.7 Å². The molecule has 2 aliphatic rings. The third kappa shape index (κ3) is 7.27. The summed E-state index contributed by atoms with van der Waals surface area (Å²) in [7, 11) is 0. The lowest BCUT2D eigenvalue weighted by Crippen LogP contribution is -2.51. The standard InChI is InChI=1S/C27H25FN6O.C7H6FNOS.C2H6/c1-3-15-6-5-7-16-10-17(29)11-20(22(15)16)24-23(28)25-21(12-30-24)26(33-27(32-25)35-4-2)34-13-18-8-9-19(14-34)31-18;8-11-7-3-1-6(2-4-7)9-5-10;1-2/h1,5-7,10-12,18-19,31H,4,8-9,13-14,29H2,2H3;1-5H,(H,9,10);1-2H3. The molecule has 2 fully saturated rings. The molecule has 48 heavy (non-hydrogen) atoms. The van der Waals surface area contributed by atoms with Gasteiger partial charge in [-0.3, -0.25) is 9.78 Å². The summed E-state index contributed by atoms with van der Waals surface area (Å²) in [5.74, 6) is 2.80. The first-order valence-corrected chi connectivity index (χ1v) is 16.5. The number of anilines is 3. The number of fused-ring (bicyclic) bond motifs is 4. The molecular weight excluding hydrogens is 633 g/mol. The zero-order valence-corrected chi connectivity index (χ0v) is 27.8. The lowest BCUT2D eigenvalue weighted by molar-refractivity contribution is -0.105. The second-order valence-electron chi connectivity index (χ2n) is 11.0. The van der Waals surface area contributed by atoms with Crippen LogP contribution in [0.3, 0.4) is 0 Å². The van der Waals surface area contributed by atoms with Crippen LogP contribution in [0.4, 0.5) is 25.5 Å². The molecule has 1 amide bonds. The van der Waals surface area contributed by atoms with Gasteiger partial charge in [-0.25, -0.2) is 4.39 Å². The second-order valence-corrected chi connectivity index (χ2v) is 11.6. The summed E-state index contributed by atoms with van der Waals surface area (Å²) in [6.45, 7) is 7.82. The van der Waals surface area contributed by atoms with Crippen LogP contribution in [0.2, 0.25) is 0 Å². The first-order valence-electron chi connectivity index (χ1n) is 15.8. The van der Waals surface area contributed by atoms with E-state index in [2.05, 4.69) is 36.4 Å². The summed E-state index contributed by atoms with van der Waals surface area (Å²) in [5, 5.41) is 8.18. The van der Waals surface area contributed by atoms with Crippen molar-refractivity contribution in [3.05, 3.63) is 72.2 Å². The van der Waals surface area contributed by atoms with Gasteiger partial charge in [0.05, 0.1) is 24.1 Å². The number of nitrogens with one attached hydrogen (secondary N) is 2. The number of aromatic nitrogens is 3. The fourth-order valence-electron chi connectivity index (χ4n) is 6.04. The highest BCUT2D eigenvalue weighted by Gasteiger charge is 2.34. The Morgan fingerprint density at radius 3 is 2.52 bits per heavy atom. The van der Waals surface area contributed by atoms with E-state index in [4.69, 9.17) is 16.9 Å². The Balaban J connectivity index is 0.000000294. The molecule has 2 unspecified atom stereocenters. The number of rotatable bonds is 7. The van der Waals surface area contributed by atoms with Crippen LogP contribution < -0.4 is 26.0 Å². The maximum Gasteiger partial charge on any atom is 0.319 e. The van der Waals surface area contributed by atoms with E-state index in [1.165, 1.54) is 0 Å². The average Bonchev–Trinajstić information content (AvgIpc) is 3.46. The van der Waals surface area contributed by atoms with Gasteiger partial charge in [-0.05, 0) is 67.6 Å². The van der Waals surface area contributed by atoms with E-state index < -0.39 is 5.82 Å². The van der Waals surface area contributed by atoms with Gasteiger partial charge in [-0.1, -0.05) is 31.9 Å². The number of carbonyl (C=O) groups excluding carboxylic acids is 1. The van der Waals surface area contributed by atoms with Crippen LogP contribution in [0.5, 0.6) is 6.01 Å².